The van der Waals surface area contributed by atoms with Crippen molar-refractivity contribution in [3.8, 4) is 51.1 Å². The van der Waals surface area contributed by atoms with Crippen LogP contribution in [0.2, 0.25) is 0 Å². The fourth-order valence-electron chi connectivity index (χ4n) is 8.07. The van der Waals surface area contributed by atoms with Gasteiger partial charge in [0.15, 0.2) is 0 Å². The Bertz CT molecular complexity index is 3150. The molecule has 0 saturated carbocycles. The third-order valence-corrected chi connectivity index (χ3v) is 10.4. The number of para-hydroxylation sites is 3. The lowest BCUT2D eigenvalue weighted by atomic mass is 9.92. The molecule has 0 radical (unpaired) electrons. The zero-order valence-electron chi connectivity index (χ0n) is 29.0. The molecule has 0 atom stereocenters. The number of pyridine rings is 1. The van der Waals surface area contributed by atoms with Crippen LogP contribution < -0.4 is 0 Å². The Balaban J connectivity index is 1.35. The number of hydrogen-bond acceptors (Lipinski definition) is 2. The SMILES string of the molecule is [C-]#[N+]c1c(-c2ccc3c4ccc5c6ccccc6n(-c6ccccc6)c5c4n(-c4ccccc4)c3c2)nc(-c2ccccc2)c(C#N)c1-c1ccccc1. The van der Waals surface area contributed by atoms with Crippen LogP contribution in [0.3, 0.4) is 0 Å². The summed E-state index contributed by atoms with van der Waals surface area (Å²) in [7, 11) is 0. The van der Waals surface area contributed by atoms with Crippen molar-refractivity contribution in [1.82, 2.24) is 14.1 Å². The predicted molar refractivity (Wildman–Crippen MR) is 220 cm³/mol. The Kier molecular flexibility index (Phi) is 7.18. The van der Waals surface area contributed by atoms with Crippen LogP contribution in [0.5, 0.6) is 0 Å². The van der Waals surface area contributed by atoms with Gasteiger partial charge < -0.3 is 9.13 Å². The highest BCUT2D eigenvalue weighted by atomic mass is 15.0. The summed E-state index contributed by atoms with van der Waals surface area (Å²) in [5.74, 6) is 0. The number of fused-ring (bicyclic) bond motifs is 7. The summed E-state index contributed by atoms with van der Waals surface area (Å²) in [5.41, 5.74) is 11.3. The molecule has 0 unspecified atom stereocenters. The zero-order chi connectivity index (χ0) is 36.2. The quantitative estimate of drug-likeness (QED) is 0.169. The maximum atomic E-state index is 10.6. The molecular weight excluding hydrogens is 659 g/mol. The lowest BCUT2D eigenvalue weighted by Crippen LogP contribution is -1.99. The van der Waals surface area contributed by atoms with Gasteiger partial charge in [0.05, 0.1) is 45.6 Å². The molecule has 7 aromatic carbocycles. The Hall–Kier alpha value is -7.73. The molecule has 10 rings (SSSR count). The van der Waals surface area contributed by atoms with E-state index in [0.717, 1.165) is 60.9 Å². The third-order valence-electron chi connectivity index (χ3n) is 10.4. The van der Waals surface area contributed by atoms with Gasteiger partial charge in [0, 0.05) is 44.0 Å². The number of nitrogens with zero attached hydrogens (tertiary/aromatic N) is 5. The van der Waals surface area contributed by atoms with Crippen molar-refractivity contribution in [3.63, 3.8) is 0 Å². The first-order chi connectivity index (χ1) is 26.7. The highest BCUT2D eigenvalue weighted by Crippen LogP contribution is 2.46. The molecule has 0 aliphatic heterocycles. The van der Waals surface area contributed by atoms with E-state index in [1.807, 2.05) is 66.7 Å². The second-order valence-electron chi connectivity index (χ2n) is 13.3. The van der Waals surface area contributed by atoms with Crippen molar-refractivity contribution in [2.75, 3.05) is 0 Å². The highest BCUT2D eigenvalue weighted by molar-refractivity contribution is 6.24. The third kappa shape index (κ3) is 4.67. The summed E-state index contributed by atoms with van der Waals surface area (Å²) in [4.78, 5) is 9.29. The Labute approximate surface area is 311 Å². The number of aromatic nitrogens is 3. The fourth-order valence-corrected chi connectivity index (χ4v) is 8.07. The number of rotatable bonds is 5. The van der Waals surface area contributed by atoms with Crippen molar-refractivity contribution >= 4 is 49.3 Å². The van der Waals surface area contributed by atoms with Gasteiger partial charge in [-0.3, -0.25) is 4.98 Å². The Morgan fingerprint density at radius 3 is 1.57 bits per heavy atom. The second-order valence-corrected chi connectivity index (χ2v) is 13.3. The monoisotopic (exact) mass is 687 g/mol. The normalized spacial score (nSPS) is 11.3. The predicted octanol–water partition coefficient (Wildman–Crippen LogP) is 12.7. The molecule has 3 heterocycles. The van der Waals surface area contributed by atoms with E-state index in [2.05, 4.69) is 129 Å². The summed E-state index contributed by atoms with van der Waals surface area (Å²) < 4.78 is 4.73. The van der Waals surface area contributed by atoms with E-state index >= 15 is 0 Å². The maximum Gasteiger partial charge on any atom is 0.221 e. The van der Waals surface area contributed by atoms with Crippen LogP contribution in [0.25, 0.3) is 93.5 Å². The van der Waals surface area contributed by atoms with Crippen molar-refractivity contribution in [3.05, 3.63) is 193 Å². The first-order valence-electron chi connectivity index (χ1n) is 17.8. The molecule has 0 aliphatic rings. The van der Waals surface area contributed by atoms with Crippen molar-refractivity contribution in [2.45, 2.75) is 0 Å². The molecule has 0 fully saturated rings. The van der Waals surface area contributed by atoms with E-state index in [1.54, 1.807) is 0 Å². The van der Waals surface area contributed by atoms with Crippen LogP contribution in [0.15, 0.2) is 176 Å². The van der Waals surface area contributed by atoms with Crippen LogP contribution in [-0.2, 0) is 0 Å². The molecule has 0 saturated heterocycles. The molecule has 5 heteroatoms. The molecule has 0 N–H and O–H groups in total. The van der Waals surface area contributed by atoms with E-state index in [0.29, 0.717) is 28.2 Å². The number of hydrogen-bond donors (Lipinski definition) is 0. The summed E-state index contributed by atoms with van der Waals surface area (Å²) >= 11 is 0. The lowest BCUT2D eigenvalue weighted by Gasteiger charge is -2.16. The molecule has 54 heavy (non-hydrogen) atoms. The molecule has 0 amide bonds. The summed E-state index contributed by atoms with van der Waals surface area (Å²) in [6.45, 7) is 8.51. The zero-order valence-corrected chi connectivity index (χ0v) is 29.0. The molecule has 250 valence electrons. The van der Waals surface area contributed by atoms with Crippen LogP contribution in [-0.4, -0.2) is 14.1 Å². The van der Waals surface area contributed by atoms with Crippen LogP contribution in [0.4, 0.5) is 5.69 Å². The van der Waals surface area contributed by atoms with Crippen molar-refractivity contribution < 1.29 is 0 Å². The minimum Gasteiger partial charge on any atom is -0.307 e. The lowest BCUT2D eigenvalue weighted by molar-refractivity contribution is 1.15. The largest absolute Gasteiger partial charge is 0.307 e. The van der Waals surface area contributed by atoms with Crippen molar-refractivity contribution in [1.29, 1.82) is 5.26 Å². The van der Waals surface area contributed by atoms with Gasteiger partial charge in [-0.2, -0.15) is 5.26 Å². The molecule has 3 aromatic heterocycles. The summed E-state index contributed by atoms with van der Waals surface area (Å²) in [6, 6.07) is 62.4. The van der Waals surface area contributed by atoms with Crippen LogP contribution in [0, 0.1) is 17.9 Å². The molecule has 0 bridgehead atoms. The first-order valence-corrected chi connectivity index (χ1v) is 17.8. The summed E-state index contributed by atoms with van der Waals surface area (Å²) in [5, 5.41) is 15.2. The topological polar surface area (TPSA) is 50.9 Å². The van der Waals surface area contributed by atoms with Gasteiger partial charge >= 0.3 is 0 Å². The Morgan fingerprint density at radius 1 is 0.481 bits per heavy atom. The van der Waals surface area contributed by atoms with Gasteiger partial charge in [0.2, 0.25) is 5.69 Å². The van der Waals surface area contributed by atoms with E-state index in [9.17, 15) is 5.26 Å². The van der Waals surface area contributed by atoms with Gasteiger partial charge in [0.25, 0.3) is 0 Å². The van der Waals surface area contributed by atoms with E-state index < -0.39 is 0 Å². The van der Waals surface area contributed by atoms with Gasteiger partial charge in [-0.1, -0.05) is 140 Å². The Morgan fingerprint density at radius 2 is 0.981 bits per heavy atom. The minimum atomic E-state index is 0.353. The average molecular weight is 688 g/mol. The maximum absolute atomic E-state index is 10.6. The summed E-state index contributed by atoms with van der Waals surface area (Å²) in [6.07, 6.45) is 0. The van der Waals surface area contributed by atoms with E-state index in [4.69, 9.17) is 11.6 Å². The van der Waals surface area contributed by atoms with Gasteiger partial charge in [-0.05, 0) is 47.5 Å². The highest BCUT2D eigenvalue weighted by Gasteiger charge is 2.25. The second kappa shape index (κ2) is 12.5. The minimum absolute atomic E-state index is 0.353. The van der Waals surface area contributed by atoms with Gasteiger partial charge in [-0.15, -0.1) is 0 Å². The average Bonchev–Trinajstić information content (AvgIpc) is 3.77. The molecule has 0 spiro atoms. The molecular formula is C49H29N5. The molecule has 5 nitrogen and oxygen atoms in total. The fraction of sp³-hybridized carbons (Fsp3) is 0. The standard InChI is InChI=1S/C49H29N5/c1-51-47-44(32-16-6-2-7-17-32)41(31-50)45(33-18-8-3-9-19-33)52-46(47)34-26-27-38-40-29-28-39-37-24-14-15-25-42(37)53(35-20-10-4-11-21-35)48(39)49(40)54(43(38)30-34)36-22-12-5-13-23-36/h2-30H. The van der Waals surface area contributed by atoms with Crippen molar-refractivity contribution in [2.24, 2.45) is 0 Å². The molecule has 10 aromatic rings. The van der Waals surface area contributed by atoms with Gasteiger partial charge in [0.1, 0.15) is 6.07 Å². The van der Waals surface area contributed by atoms with Gasteiger partial charge in [-0.25, -0.2) is 4.85 Å². The first kappa shape index (κ1) is 31.0. The van der Waals surface area contributed by atoms with E-state index in [1.165, 1.54) is 10.8 Å². The number of nitriles is 1. The van der Waals surface area contributed by atoms with Crippen LogP contribution >= 0.6 is 0 Å². The van der Waals surface area contributed by atoms with Crippen LogP contribution in [0.1, 0.15) is 5.56 Å². The van der Waals surface area contributed by atoms with E-state index in [-0.39, 0.29) is 0 Å². The molecule has 0 aliphatic carbocycles. The number of benzene rings is 7. The smallest absolute Gasteiger partial charge is 0.221 e.